The van der Waals surface area contributed by atoms with Crippen molar-refractivity contribution in [3.63, 3.8) is 0 Å². The van der Waals surface area contributed by atoms with Crippen molar-refractivity contribution in [1.82, 2.24) is 19.5 Å². The van der Waals surface area contributed by atoms with Gasteiger partial charge in [-0.25, -0.2) is 15.0 Å². The predicted molar refractivity (Wildman–Crippen MR) is 128 cm³/mol. The number of halogens is 1. The number of nitrogen functional groups attached to an aromatic ring is 1. The molecule has 7 nitrogen and oxygen atoms in total. The number of hydrogen-bond acceptors (Lipinski definition) is 7. The molecule has 1 aliphatic heterocycles. The second-order valence-electron chi connectivity index (χ2n) is 7.36. The van der Waals surface area contributed by atoms with E-state index in [4.69, 9.17) is 20.2 Å². The number of aromatic nitrogens is 4. The highest BCUT2D eigenvalue weighted by Crippen LogP contribution is 2.40. The molecular formula is C23H20BrN5O2S. The van der Waals surface area contributed by atoms with Crippen LogP contribution in [-0.2, 0) is 22.4 Å². The van der Waals surface area contributed by atoms with Crippen LogP contribution in [0.4, 0.5) is 5.82 Å². The van der Waals surface area contributed by atoms with Gasteiger partial charge in [0.2, 0.25) is 5.09 Å². The molecule has 0 saturated carbocycles. The normalized spacial score (nSPS) is 15.4. The van der Waals surface area contributed by atoms with Crippen LogP contribution < -0.4 is 5.73 Å². The fourth-order valence-electron chi connectivity index (χ4n) is 3.43. The number of benzene rings is 2. The first-order chi connectivity index (χ1) is 15.6. The number of anilines is 1. The first kappa shape index (κ1) is 20.8. The largest absolute Gasteiger partial charge is 0.454 e. The van der Waals surface area contributed by atoms with Gasteiger partial charge in [0, 0.05) is 16.6 Å². The topological polar surface area (TPSA) is 88.1 Å². The van der Waals surface area contributed by atoms with E-state index in [-0.39, 0.29) is 0 Å². The molecule has 1 atom stereocenters. The van der Waals surface area contributed by atoms with Gasteiger partial charge in [0.15, 0.2) is 22.1 Å². The third-order valence-corrected chi connectivity index (χ3v) is 6.74. The zero-order valence-corrected chi connectivity index (χ0v) is 19.6. The van der Waals surface area contributed by atoms with Crippen LogP contribution in [0, 0.1) is 6.92 Å². The number of fused-ring (bicyclic) bond motifs is 1. The lowest BCUT2D eigenvalue weighted by atomic mass is 10.1. The average Bonchev–Trinajstić information content (AvgIpc) is 3.39. The van der Waals surface area contributed by atoms with Crippen molar-refractivity contribution >= 4 is 44.7 Å². The number of imidazole rings is 1. The Kier molecular flexibility index (Phi) is 5.75. The SMILES string of the molecule is Cc1ccc(CCn2c(SC3=COC(c4ccccc4Br)O3)nc3c(N)ncnc32)cc1. The summed E-state index contributed by atoms with van der Waals surface area (Å²) < 4.78 is 14.8. The molecule has 162 valence electrons. The Morgan fingerprint density at radius 2 is 1.94 bits per heavy atom. The van der Waals surface area contributed by atoms with Crippen LogP contribution in [0.3, 0.4) is 0 Å². The quantitative estimate of drug-likeness (QED) is 0.374. The van der Waals surface area contributed by atoms with Gasteiger partial charge in [-0.2, -0.15) is 0 Å². The number of ether oxygens (including phenoxy) is 2. The summed E-state index contributed by atoms with van der Waals surface area (Å²) in [4.78, 5) is 13.2. The lowest BCUT2D eigenvalue weighted by Crippen LogP contribution is -2.05. The highest BCUT2D eigenvalue weighted by atomic mass is 79.9. The summed E-state index contributed by atoms with van der Waals surface area (Å²) in [6, 6.07) is 16.3. The molecule has 2 aromatic carbocycles. The van der Waals surface area contributed by atoms with Crippen molar-refractivity contribution in [2.45, 2.75) is 31.3 Å². The molecule has 3 heterocycles. The molecule has 1 unspecified atom stereocenters. The molecule has 0 amide bonds. The molecule has 2 aromatic heterocycles. The Labute approximate surface area is 197 Å². The van der Waals surface area contributed by atoms with E-state index < -0.39 is 6.29 Å². The molecule has 2 N–H and O–H groups in total. The van der Waals surface area contributed by atoms with E-state index in [0.29, 0.717) is 28.6 Å². The molecule has 9 heteroatoms. The smallest absolute Gasteiger partial charge is 0.268 e. The molecule has 0 bridgehead atoms. The van der Waals surface area contributed by atoms with Crippen molar-refractivity contribution < 1.29 is 9.47 Å². The van der Waals surface area contributed by atoms with Gasteiger partial charge in [0.05, 0.1) is 0 Å². The molecule has 32 heavy (non-hydrogen) atoms. The summed E-state index contributed by atoms with van der Waals surface area (Å²) in [5.41, 5.74) is 10.8. The Morgan fingerprint density at radius 3 is 2.75 bits per heavy atom. The van der Waals surface area contributed by atoms with Crippen LogP contribution in [0.15, 0.2) is 75.8 Å². The van der Waals surface area contributed by atoms with Crippen molar-refractivity contribution in [3.8, 4) is 0 Å². The minimum absolute atomic E-state index is 0.356. The van der Waals surface area contributed by atoms with Gasteiger partial charge >= 0.3 is 0 Å². The van der Waals surface area contributed by atoms with Crippen LogP contribution >= 0.6 is 27.7 Å². The van der Waals surface area contributed by atoms with Gasteiger partial charge in [0.25, 0.3) is 6.29 Å². The van der Waals surface area contributed by atoms with E-state index in [9.17, 15) is 0 Å². The maximum absolute atomic E-state index is 6.07. The van der Waals surface area contributed by atoms with Crippen LogP contribution in [0.2, 0.25) is 0 Å². The average molecular weight is 510 g/mol. The summed E-state index contributed by atoms with van der Waals surface area (Å²) in [7, 11) is 0. The van der Waals surface area contributed by atoms with Crippen LogP contribution in [0.5, 0.6) is 0 Å². The fraction of sp³-hybridized carbons (Fsp3) is 0.174. The third kappa shape index (κ3) is 4.18. The van der Waals surface area contributed by atoms with Crippen molar-refractivity contribution in [1.29, 1.82) is 0 Å². The Morgan fingerprint density at radius 1 is 1.12 bits per heavy atom. The van der Waals surface area contributed by atoms with Gasteiger partial charge in [-0.15, -0.1) is 0 Å². The molecule has 0 spiro atoms. The number of nitrogens with two attached hydrogens (primary N) is 1. The Balaban J connectivity index is 1.39. The lowest BCUT2D eigenvalue weighted by Gasteiger charge is -2.13. The monoisotopic (exact) mass is 509 g/mol. The number of hydrogen-bond donors (Lipinski definition) is 1. The van der Waals surface area contributed by atoms with E-state index in [1.165, 1.54) is 29.2 Å². The highest BCUT2D eigenvalue weighted by Gasteiger charge is 2.26. The minimum Gasteiger partial charge on any atom is -0.454 e. The molecule has 4 aromatic rings. The van der Waals surface area contributed by atoms with Gasteiger partial charge in [-0.1, -0.05) is 64.0 Å². The summed E-state index contributed by atoms with van der Waals surface area (Å²) in [5, 5.41) is 1.34. The van der Waals surface area contributed by atoms with Gasteiger partial charge in [0.1, 0.15) is 12.6 Å². The molecule has 1 aliphatic rings. The summed E-state index contributed by atoms with van der Waals surface area (Å²) in [6.07, 6.45) is 3.41. The summed E-state index contributed by atoms with van der Waals surface area (Å²) >= 11 is 4.93. The van der Waals surface area contributed by atoms with Gasteiger partial charge < -0.3 is 19.8 Å². The standard InChI is InChI=1S/C23H20BrN5O2S/c1-14-6-8-15(9-7-14)10-11-29-21-19(20(25)26-13-27-21)28-23(29)32-18-12-30-22(31-18)16-4-2-3-5-17(16)24/h2-9,12-13,22H,10-11H2,1H3,(H2,25,26,27). The van der Waals surface area contributed by atoms with Crippen molar-refractivity contribution in [2.75, 3.05) is 5.73 Å². The molecule has 5 rings (SSSR count). The van der Waals surface area contributed by atoms with Crippen molar-refractivity contribution in [3.05, 3.63) is 87.4 Å². The van der Waals surface area contributed by atoms with E-state index in [0.717, 1.165) is 21.6 Å². The van der Waals surface area contributed by atoms with E-state index >= 15 is 0 Å². The number of thioether (sulfide) groups is 1. The second kappa shape index (κ2) is 8.84. The first-order valence-electron chi connectivity index (χ1n) is 10.1. The maximum Gasteiger partial charge on any atom is 0.268 e. The Bertz CT molecular complexity index is 1310. The molecular weight excluding hydrogens is 490 g/mol. The zero-order valence-electron chi connectivity index (χ0n) is 17.2. The molecule has 0 fully saturated rings. The lowest BCUT2D eigenvalue weighted by molar-refractivity contribution is -0.0278. The third-order valence-electron chi connectivity index (χ3n) is 5.13. The fourth-order valence-corrected chi connectivity index (χ4v) is 4.74. The van der Waals surface area contributed by atoms with Crippen LogP contribution in [0.25, 0.3) is 11.2 Å². The highest BCUT2D eigenvalue weighted by molar-refractivity contribution is 9.10. The van der Waals surface area contributed by atoms with Crippen LogP contribution in [-0.4, -0.2) is 19.5 Å². The number of aryl methyl sites for hydroxylation is 3. The second-order valence-corrected chi connectivity index (χ2v) is 9.19. The number of nitrogens with zero attached hydrogens (tertiary/aromatic N) is 4. The Hall–Kier alpha value is -3.04. The van der Waals surface area contributed by atoms with Gasteiger partial charge in [-0.05, 0) is 36.7 Å². The molecule has 0 radical (unpaired) electrons. The summed E-state index contributed by atoms with van der Waals surface area (Å²) in [5.74, 6) is 0.356. The van der Waals surface area contributed by atoms with Gasteiger partial charge in [-0.3, -0.25) is 0 Å². The van der Waals surface area contributed by atoms with E-state index in [1.54, 1.807) is 6.26 Å². The van der Waals surface area contributed by atoms with E-state index in [2.05, 4.69) is 57.1 Å². The maximum atomic E-state index is 6.07. The molecule has 0 saturated heterocycles. The van der Waals surface area contributed by atoms with E-state index in [1.807, 2.05) is 28.8 Å². The number of rotatable bonds is 6. The predicted octanol–water partition coefficient (Wildman–Crippen LogP) is 5.36. The molecule has 0 aliphatic carbocycles. The van der Waals surface area contributed by atoms with Crippen LogP contribution in [0.1, 0.15) is 23.0 Å². The zero-order chi connectivity index (χ0) is 22.1. The van der Waals surface area contributed by atoms with Crippen molar-refractivity contribution in [2.24, 2.45) is 0 Å². The minimum atomic E-state index is -0.511. The first-order valence-corrected chi connectivity index (χ1v) is 11.7. The summed E-state index contributed by atoms with van der Waals surface area (Å²) in [6.45, 7) is 2.78.